The fraction of sp³-hybridized carbons (Fsp3) is 0.188. The normalized spacial score (nSPS) is 10.8. The van der Waals surface area contributed by atoms with Gasteiger partial charge in [0, 0.05) is 41.3 Å². The Hall–Kier alpha value is -2.49. The van der Waals surface area contributed by atoms with Gasteiger partial charge in [0.2, 0.25) is 0 Å². The molecule has 0 spiro atoms. The summed E-state index contributed by atoms with van der Waals surface area (Å²) in [5.74, 6) is 0.310. The summed E-state index contributed by atoms with van der Waals surface area (Å²) >= 11 is 0. The highest BCUT2D eigenvalue weighted by atomic mass is 16.3. The van der Waals surface area contributed by atoms with Crippen LogP contribution >= 0.6 is 0 Å². The Balaban J connectivity index is 1.85. The summed E-state index contributed by atoms with van der Waals surface area (Å²) in [5, 5.41) is 19.4. The van der Waals surface area contributed by atoms with Crippen molar-refractivity contribution in [3.8, 4) is 5.75 Å². The lowest BCUT2D eigenvalue weighted by Crippen LogP contribution is -1.99. The molecule has 2 N–H and O–H groups in total. The third kappa shape index (κ3) is 2.32. The lowest BCUT2D eigenvalue weighted by atomic mass is 10.1. The number of hydrogen-bond donors (Lipinski definition) is 2. The molecule has 0 amide bonds. The number of rotatable bonds is 4. The molecule has 0 bridgehead atoms. The molecule has 1 heterocycles. The second kappa shape index (κ2) is 5.25. The van der Waals surface area contributed by atoms with E-state index in [-0.39, 0.29) is 0 Å². The van der Waals surface area contributed by atoms with Crippen LogP contribution < -0.4 is 5.32 Å². The summed E-state index contributed by atoms with van der Waals surface area (Å²) < 4.78 is 1.91. The van der Waals surface area contributed by atoms with E-state index in [9.17, 15) is 5.11 Å². The van der Waals surface area contributed by atoms with Crippen LogP contribution in [0.4, 0.5) is 5.69 Å². The fourth-order valence-corrected chi connectivity index (χ4v) is 2.32. The minimum absolute atomic E-state index is 0.310. The van der Waals surface area contributed by atoms with Crippen LogP contribution in [0, 0.1) is 0 Å². The van der Waals surface area contributed by atoms with Gasteiger partial charge in [-0.1, -0.05) is 24.3 Å². The van der Waals surface area contributed by atoms with Gasteiger partial charge in [0.1, 0.15) is 5.75 Å². The Morgan fingerprint density at radius 1 is 1.15 bits per heavy atom. The topological polar surface area (TPSA) is 50.1 Å². The van der Waals surface area contributed by atoms with E-state index in [0.717, 1.165) is 35.1 Å². The van der Waals surface area contributed by atoms with Crippen molar-refractivity contribution in [2.75, 3.05) is 5.32 Å². The number of nitrogens with zero attached hydrogens (tertiary/aromatic N) is 2. The molecule has 4 nitrogen and oxygen atoms in total. The minimum Gasteiger partial charge on any atom is -0.507 e. The lowest BCUT2D eigenvalue weighted by molar-refractivity contribution is 0.481. The quantitative estimate of drug-likeness (QED) is 0.762. The van der Waals surface area contributed by atoms with Gasteiger partial charge >= 0.3 is 0 Å². The maximum absolute atomic E-state index is 9.88. The molecule has 1 aromatic heterocycles. The molecule has 0 radical (unpaired) electrons. The van der Waals surface area contributed by atoms with Crippen molar-refractivity contribution in [3.63, 3.8) is 0 Å². The van der Waals surface area contributed by atoms with Gasteiger partial charge in [0.25, 0.3) is 0 Å². The first-order valence-corrected chi connectivity index (χ1v) is 6.74. The van der Waals surface area contributed by atoms with E-state index in [0.29, 0.717) is 5.75 Å². The largest absolute Gasteiger partial charge is 0.507 e. The summed E-state index contributed by atoms with van der Waals surface area (Å²) in [6.07, 6.45) is 3.91. The summed E-state index contributed by atoms with van der Waals surface area (Å²) in [5.41, 5.74) is 2.16. The zero-order chi connectivity index (χ0) is 13.9. The van der Waals surface area contributed by atoms with Crippen LogP contribution in [0.25, 0.3) is 10.8 Å². The van der Waals surface area contributed by atoms with Gasteiger partial charge in [-0.25, -0.2) is 0 Å². The van der Waals surface area contributed by atoms with Crippen LogP contribution in [0.5, 0.6) is 5.75 Å². The number of nitrogens with one attached hydrogen (secondary N) is 1. The molecular formula is C16H17N3O. The van der Waals surface area contributed by atoms with Crippen molar-refractivity contribution < 1.29 is 5.11 Å². The van der Waals surface area contributed by atoms with E-state index >= 15 is 0 Å². The predicted molar refractivity (Wildman–Crippen MR) is 80.8 cm³/mol. The highest BCUT2D eigenvalue weighted by molar-refractivity contribution is 5.97. The first-order valence-electron chi connectivity index (χ1n) is 6.74. The maximum Gasteiger partial charge on any atom is 0.123 e. The Morgan fingerprint density at radius 3 is 2.75 bits per heavy atom. The molecule has 3 aromatic rings. The molecule has 0 saturated heterocycles. The molecule has 0 unspecified atom stereocenters. The van der Waals surface area contributed by atoms with E-state index in [1.54, 1.807) is 6.07 Å². The number of benzene rings is 2. The zero-order valence-corrected chi connectivity index (χ0v) is 11.4. The average Bonchev–Trinajstić information content (AvgIpc) is 2.94. The average molecular weight is 267 g/mol. The molecule has 0 aliphatic rings. The lowest BCUT2D eigenvalue weighted by Gasteiger charge is -2.09. The van der Waals surface area contributed by atoms with Crippen LogP contribution in [0.1, 0.15) is 12.5 Å². The first kappa shape index (κ1) is 12.5. The predicted octanol–water partition coefficient (Wildman–Crippen LogP) is 3.37. The Morgan fingerprint density at radius 2 is 1.95 bits per heavy atom. The highest BCUT2D eigenvalue weighted by Crippen LogP contribution is 2.29. The van der Waals surface area contributed by atoms with Gasteiger partial charge in [-0.15, -0.1) is 0 Å². The molecular weight excluding hydrogens is 250 g/mol. The molecule has 102 valence electrons. The smallest absolute Gasteiger partial charge is 0.123 e. The molecule has 0 saturated carbocycles. The first-order chi connectivity index (χ1) is 9.78. The van der Waals surface area contributed by atoms with Crippen molar-refractivity contribution in [3.05, 3.63) is 54.4 Å². The van der Waals surface area contributed by atoms with Gasteiger partial charge in [-0.3, -0.25) is 4.68 Å². The third-order valence-electron chi connectivity index (χ3n) is 3.39. The second-order valence-electron chi connectivity index (χ2n) is 4.74. The standard InChI is InChI=1S/C16H17N3O/c1-2-19-11-12(10-18-19)9-17-15-7-3-6-14-13(15)5-4-8-16(14)20/h3-8,10-11,17,20H,2,9H2,1H3. The summed E-state index contributed by atoms with van der Waals surface area (Å²) in [4.78, 5) is 0. The van der Waals surface area contributed by atoms with Crippen molar-refractivity contribution in [1.29, 1.82) is 0 Å². The SMILES string of the molecule is CCn1cc(CNc2cccc3c(O)cccc23)cn1. The monoisotopic (exact) mass is 267 g/mol. The molecule has 0 atom stereocenters. The summed E-state index contributed by atoms with van der Waals surface area (Å²) in [7, 11) is 0. The van der Waals surface area contributed by atoms with Crippen molar-refractivity contribution in [1.82, 2.24) is 9.78 Å². The Kier molecular flexibility index (Phi) is 3.29. The van der Waals surface area contributed by atoms with Gasteiger partial charge in [0.05, 0.1) is 6.20 Å². The van der Waals surface area contributed by atoms with Gasteiger partial charge in [-0.05, 0) is 19.1 Å². The number of phenolic OH excluding ortho intramolecular Hbond substituents is 1. The highest BCUT2D eigenvalue weighted by Gasteiger charge is 2.04. The molecule has 0 aliphatic carbocycles. The number of aromatic nitrogens is 2. The Labute approximate surface area is 117 Å². The third-order valence-corrected chi connectivity index (χ3v) is 3.39. The van der Waals surface area contributed by atoms with Gasteiger partial charge in [0.15, 0.2) is 0 Å². The summed E-state index contributed by atoms with van der Waals surface area (Å²) in [6, 6.07) is 11.5. The van der Waals surface area contributed by atoms with E-state index in [1.165, 1.54) is 0 Å². The van der Waals surface area contributed by atoms with Crippen molar-refractivity contribution in [2.45, 2.75) is 20.0 Å². The number of aryl methyl sites for hydroxylation is 1. The van der Waals surface area contributed by atoms with Crippen molar-refractivity contribution >= 4 is 16.5 Å². The van der Waals surface area contributed by atoms with E-state index in [4.69, 9.17) is 0 Å². The zero-order valence-electron chi connectivity index (χ0n) is 11.4. The maximum atomic E-state index is 9.88. The number of anilines is 1. The molecule has 4 heteroatoms. The molecule has 3 rings (SSSR count). The van der Waals surface area contributed by atoms with E-state index in [1.807, 2.05) is 47.4 Å². The van der Waals surface area contributed by atoms with E-state index < -0.39 is 0 Å². The van der Waals surface area contributed by atoms with Crippen LogP contribution in [0.2, 0.25) is 0 Å². The Bertz CT molecular complexity index is 733. The van der Waals surface area contributed by atoms with Crippen LogP contribution in [-0.4, -0.2) is 14.9 Å². The second-order valence-corrected chi connectivity index (χ2v) is 4.74. The molecule has 0 aliphatic heterocycles. The van der Waals surface area contributed by atoms with Crippen molar-refractivity contribution in [2.24, 2.45) is 0 Å². The number of aromatic hydroxyl groups is 1. The number of hydrogen-bond acceptors (Lipinski definition) is 3. The van der Waals surface area contributed by atoms with Gasteiger partial charge in [-0.2, -0.15) is 5.10 Å². The summed E-state index contributed by atoms with van der Waals surface area (Å²) in [6.45, 7) is 3.66. The minimum atomic E-state index is 0.310. The number of phenols is 1. The number of fused-ring (bicyclic) bond motifs is 1. The molecule has 0 fully saturated rings. The van der Waals surface area contributed by atoms with Crippen LogP contribution in [0.15, 0.2) is 48.8 Å². The van der Waals surface area contributed by atoms with E-state index in [2.05, 4.69) is 17.3 Å². The molecule has 2 aromatic carbocycles. The fourth-order valence-electron chi connectivity index (χ4n) is 2.32. The van der Waals surface area contributed by atoms with Gasteiger partial charge < -0.3 is 10.4 Å². The van der Waals surface area contributed by atoms with Crippen LogP contribution in [0.3, 0.4) is 0 Å². The molecule has 20 heavy (non-hydrogen) atoms. The van der Waals surface area contributed by atoms with Crippen LogP contribution in [-0.2, 0) is 13.1 Å².